The van der Waals surface area contributed by atoms with Crippen LogP contribution in [0, 0.1) is 16.7 Å². The van der Waals surface area contributed by atoms with E-state index in [-0.39, 0.29) is 29.5 Å². The fraction of sp³-hybridized carbons (Fsp3) is 0.800. The van der Waals surface area contributed by atoms with Crippen LogP contribution in [0.5, 0.6) is 0 Å². The monoisotopic (exact) mass is 182 g/mol. The minimum Gasteiger partial charge on any atom is -0.395 e. The van der Waals surface area contributed by atoms with E-state index in [1.54, 1.807) is 0 Å². The third-order valence-corrected chi connectivity index (χ3v) is 4.21. The molecule has 0 aromatic carbocycles. The number of fused-ring (bicyclic) bond motifs is 2. The molecule has 0 aliphatic heterocycles. The van der Waals surface area contributed by atoms with Crippen LogP contribution in [-0.4, -0.2) is 23.3 Å². The minimum atomic E-state index is -0.755. The van der Waals surface area contributed by atoms with E-state index >= 15 is 0 Å². The standard InChI is InChI=1S/C10H14O3/c1-9(2)6-3-4-10(9,5-11)8(13)7(6)12/h6,11H,3-5H2,1-2H3. The van der Waals surface area contributed by atoms with Gasteiger partial charge >= 0.3 is 0 Å². The van der Waals surface area contributed by atoms with Crippen molar-refractivity contribution in [2.24, 2.45) is 16.7 Å². The first kappa shape index (κ1) is 8.88. The maximum absolute atomic E-state index is 11.6. The zero-order valence-electron chi connectivity index (χ0n) is 7.96. The number of rotatable bonds is 1. The van der Waals surface area contributed by atoms with Gasteiger partial charge in [-0.1, -0.05) is 13.8 Å². The molecular formula is C10H14O3. The second kappa shape index (κ2) is 2.21. The van der Waals surface area contributed by atoms with E-state index in [0.717, 1.165) is 6.42 Å². The van der Waals surface area contributed by atoms with Crippen molar-refractivity contribution in [1.29, 1.82) is 0 Å². The van der Waals surface area contributed by atoms with Crippen molar-refractivity contribution in [3.8, 4) is 0 Å². The summed E-state index contributed by atoms with van der Waals surface area (Å²) in [6, 6.07) is 0. The summed E-state index contributed by atoms with van der Waals surface area (Å²) in [5.41, 5.74) is -1.09. The fourth-order valence-electron chi connectivity index (χ4n) is 3.02. The Bertz CT molecular complexity index is 293. The molecule has 0 heterocycles. The van der Waals surface area contributed by atoms with Crippen LogP contribution in [0.15, 0.2) is 0 Å². The molecule has 0 spiro atoms. The summed E-state index contributed by atoms with van der Waals surface area (Å²) in [6.07, 6.45) is 1.43. The Hall–Kier alpha value is -0.700. The van der Waals surface area contributed by atoms with Crippen LogP contribution in [0.4, 0.5) is 0 Å². The van der Waals surface area contributed by atoms with Gasteiger partial charge in [0.15, 0.2) is 0 Å². The Balaban J connectivity index is 2.56. The molecule has 2 bridgehead atoms. The molecule has 2 rings (SSSR count). The second-order valence-electron chi connectivity index (χ2n) is 4.75. The number of Topliss-reactive ketones (excluding diaryl/α,β-unsaturated/α-hetero) is 2. The van der Waals surface area contributed by atoms with Crippen molar-refractivity contribution in [3.05, 3.63) is 0 Å². The summed E-state index contributed by atoms with van der Waals surface area (Å²) < 4.78 is 0. The summed E-state index contributed by atoms with van der Waals surface area (Å²) in [6.45, 7) is 3.66. The summed E-state index contributed by atoms with van der Waals surface area (Å²) in [5, 5.41) is 9.29. The molecule has 0 radical (unpaired) electrons. The van der Waals surface area contributed by atoms with Crippen molar-refractivity contribution >= 4 is 11.6 Å². The number of hydrogen-bond acceptors (Lipinski definition) is 3. The van der Waals surface area contributed by atoms with Gasteiger partial charge in [-0.05, 0) is 18.3 Å². The summed E-state index contributed by atoms with van der Waals surface area (Å²) in [7, 11) is 0. The molecule has 2 fully saturated rings. The topological polar surface area (TPSA) is 54.4 Å². The number of carbonyl (C=O) groups is 2. The predicted molar refractivity (Wildman–Crippen MR) is 46.0 cm³/mol. The highest BCUT2D eigenvalue weighted by atomic mass is 16.3. The summed E-state index contributed by atoms with van der Waals surface area (Å²) in [4.78, 5) is 23.1. The van der Waals surface area contributed by atoms with Crippen molar-refractivity contribution < 1.29 is 14.7 Å². The quantitative estimate of drug-likeness (QED) is 0.602. The van der Waals surface area contributed by atoms with Gasteiger partial charge in [-0.3, -0.25) is 9.59 Å². The molecular weight excluding hydrogens is 168 g/mol. The van der Waals surface area contributed by atoms with Gasteiger partial charge in [0.05, 0.1) is 12.0 Å². The Morgan fingerprint density at radius 3 is 2.38 bits per heavy atom. The molecule has 0 aromatic heterocycles. The lowest BCUT2D eigenvalue weighted by atomic mass is 9.69. The average molecular weight is 182 g/mol. The van der Waals surface area contributed by atoms with Gasteiger partial charge in [0.25, 0.3) is 0 Å². The molecule has 2 unspecified atom stereocenters. The van der Waals surface area contributed by atoms with Crippen LogP contribution in [0.25, 0.3) is 0 Å². The zero-order chi connectivity index (χ0) is 9.85. The number of aliphatic hydroxyl groups excluding tert-OH is 1. The molecule has 3 heteroatoms. The van der Waals surface area contributed by atoms with E-state index in [1.165, 1.54) is 0 Å². The first-order valence-corrected chi connectivity index (χ1v) is 4.67. The van der Waals surface area contributed by atoms with E-state index in [0.29, 0.717) is 6.42 Å². The van der Waals surface area contributed by atoms with Crippen LogP contribution in [0.3, 0.4) is 0 Å². The molecule has 3 nitrogen and oxygen atoms in total. The third-order valence-electron chi connectivity index (χ3n) is 4.21. The smallest absolute Gasteiger partial charge is 0.207 e. The number of carbonyl (C=O) groups excluding carboxylic acids is 2. The maximum atomic E-state index is 11.6. The normalized spacial score (nSPS) is 41.6. The van der Waals surface area contributed by atoms with E-state index in [2.05, 4.69) is 0 Å². The highest BCUT2D eigenvalue weighted by Crippen LogP contribution is 2.61. The predicted octanol–water partition coefficient (Wildman–Crippen LogP) is 0.553. The molecule has 72 valence electrons. The van der Waals surface area contributed by atoms with Crippen LogP contribution in [0.2, 0.25) is 0 Å². The summed E-state index contributed by atoms with van der Waals surface area (Å²) >= 11 is 0. The number of aliphatic hydroxyl groups is 1. The number of ketones is 2. The molecule has 2 aliphatic carbocycles. The van der Waals surface area contributed by atoms with Crippen LogP contribution in [-0.2, 0) is 9.59 Å². The van der Waals surface area contributed by atoms with Crippen molar-refractivity contribution in [2.75, 3.05) is 6.61 Å². The van der Waals surface area contributed by atoms with Gasteiger partial charge in [0.2, 0.25) is 11.6 Å². The molecule has 0 amide bonds. The Morgan fingerprint density at radius 2 is 2.08 bits per heavy atom. The van der Waals surface area contributed by atoms with Gasteiger partial charge in [0.1, 0.15) is 0 Å². The Morgan fingerprint density at radius 1 is 1.46 bits per heavy atom. The highest BCUT2D eigenvalue weighted by molar-refractivity contribution is 6.43. The lowest BCUT2D eigenvalue weighted by Gasteiger charge is -2.33. The molecule has 2 saturated carbocycles. The SMILES string of the molecule is CC1(C)C2CCC1(CO)C(=O)C2=O. The van der Waals surface area contributed by atoms with Crippen molar-refractivity contribution in [3.63, 3.8) is 0 Å². The van der Waals surface area contributed by atoms with Gasteiger partial charge in [-0.2, -0.15) is 0 Å². The number of hydrogen-bond donors (Lipinski definition) is 1. The van der Waals surface area contributed by atoms with Gasteiger partial charge in [-0.25, -0.2) is 0 Å². The lowest BCUT2D eigenvalue weighted by Crippen LogP contribution is -2.40. The van der Waals surface area contributed by atoms with Gasteiger partial charge < -0.3 is 5.11 Å². The van der Waals surface area contributed by atoms with Crippen LogP contribution in [0.1, 0.15) is 26.7 Å². The Labute approximate surface area is 77.1 Å². The third kappa shape index (κ3) is 0.702. The molecule has 13 heavy (non-hydrogen) atoms. The zero-order valence-corrected chi connectivity index (χ0v) is 7.96. The van der Waals surface area contributed by atoms with E-state index in [9.17, 15) is 14.7 Å². The lowest BCUT2D eigenvalue weighted by molar-refractivity contribution is -0.143. The molecule has 2 aliphatic rings. The molecule has 2 atom stereocenters. The van der Waals surface area contributed by atoms with Crippen molar-refractivity contribution in [2.45, 2.75) is 26.7 Å². The fourth-order valence-corrected chi connectivity index (χ4v) is 3.02. The van der Waals surface area contributed by atoms with Crippen LogP contribution >= 0.6 is 0 Å². The van der Waals surface area contributed by atoms with Crippen LogP contribution < -0.4 is 0 Å². The largest absolute Gasteiger partial charge is 0.395 e. The average Bonchev–Trinajstić information content (AvgIpc) is 2.41. The Kier molecular flexibility index (Phi) is 1.51. The molecule has 1 N–H and O–H groups in total. The van der Waals surface area contributed by atoms with E-state index in [1.807, 2.05) is 13.8 Å². The van der Waals surface area contributed by atoms with Crippen molar-refractivity contribution in [1.82, 2.24) is 0 Å². The first-order valence-electron chi connectivity index (χ1n) is 4.67. The highest BCUT2D eigenvalue weighted by Gasteiger charge is 2.68. The summed E-state index contributed by atoms with van der Waals surface area (Å²) in [5.74, 6) is -0.742. The van der Waals surface area contributed by atoms with E-state index in [4.69, 9.17) is 0 Å². The molecule has 0 aromatic rings. The first-order chi connectivity index (χ1) is 5.97. The molecule has 0 saturated heterocycles. The van der Waals surface area contributed by atoms with Gasteiger partial charge in [-0.15, -0.1) is 0 Å². The maximum Gasteiger partial charge on any atom is 0.207 e. The van der Waals surface area contributed by atoms with Gasteiger partial charge in [0, 0.05) is 5.92 Å². The second-order valence-corrected chi connectivity index (χ2v) is 4.75. The minimum absolute atomic E-state index is 0.146. The van der Waals surface area contributed by atoms with E-state index < -0.39 is 5.41 Å².